The van der Waals surface area contributed by atoms with Gasteiger partial charge in [-0.05, 0) is 101 Å². The molecule has 2 heterocycles. The van der Waals surface area contributed by atoms with E-state index >= 15 is 0 Å². The summed E-state index contributed by atoms with van der Waals surface area (Å²) in [6.45, 7) is 0. The van der Waals surface area contributed by atoms with Gasteiger partial charge >= 0.3 is 0 Å². The first-order chi connectivity index (χ1) is 28.6. The van der Waals surface area contributed by atoms with Crippen LogP contribution in [0.4, 0.5) is 0 Å². The number of rotatable bonds is 5. The van der Waals surface area contributed by atoms with Gasteiger partial charge in [0.05, 0.1) is 80.0 Å². The normalized spacial score (nSPS) is 11.0. The lowest BCUT2D eigenvalue weighted by atomic mass is 9.97. The molecule has 0 spiro atoms. The van der Waals surface area contributed by atoms with Crippen molar-refractivity contribution in [2.75, 3.05) is 0 Å². The molecule has 10 aromatic rings. The van der Waals surface area contributed by atoms with E-state index in [-0.39, 0.29) is 0 Å². The summed E-state index contributed by atoms with van der Waals surface area (Å²) >= 11 is 0. The lowest BCUT2D eigenvalue weighted by Gasteiger charge is -2.21. The number of aromatic nitrogens is 2. The Bertz CT molecular complexity index is 3300. The SMILES string of the molecule is N#Cc1ccc(-c2c(-n3c4ccccc4c4ccc(-c5cccc(C#N)c5)cc43)cc(C#N)cc2-n2c3ccccc3c3ccc(-c4cccc(C#N)c4)cc32)cc1. The second-order valence-electron chi connectivity index (χ2n) is 14.2. The molecule has 0 aliphatic rings. The lowest BCUT2D eigenvalue weighted by Crippen LogP contribution is -2.05. The van der Waals surface area contributed by atoms with Crippen molar-refractivity contribution in [1.29, 1.82) is 21.0 Å². The molecule has 0 aliphatic carbocycles. The van der Waals surface area contributed by atoms with Gasteiger partial charge in [0.1, 0.15) is 0 Å². The van der Waals surface area contributed by atoms with Crippen LogP contribution in [0, 0.1) is 45.3 Å². The molecule has 6 heteroatoms. The Morgan fingerprint density at radius 2 is 0.707 bits per heavy atom. The highest BCUT2D eigenvalue weighted by Gasteiger charge is 2.24. The van der Waals surface area contributed by atoms with Crippen molar-refractivity contribution in [3.8, 4) is 69.0 Å². The standard InChI is InChI=1S/C52H28N6/c53-29-33-15-17-37(18-16-33)52-50(57-46-13-3-1-11-42(46)44-21-19-40(27-48(44)57)38-9-5-7-34(23-38)30-54)25-36(32-56)26-51(52)58-47-14-4-2-12-43(47)45-22-20-41(28-49(45)58)39-10-6-8-35(24-39)31-55/h1-28H. The van der Waals surface area contributed by atoms with Gasteiger partial charge in [0.15, 0.2) is 0 Å². The predicted octanol–water partition coefficient (Wildman–Crippen LogP) is 12.4. The van der Waals surface area contributed by atoms with Crippen molar-refractivity contribution < 1.29 is 0 Å². The van der Waals surface area contributed by atoms with E-state index in [1.165, 1.54) is 0 Å². The minimum atomic E-state index is 0.481. The molecule has 58 heavy (non-hydrogen) atoms. The second-order valence-corrected chi connectivity index (χ2v) is 14.2. The topological polar surface area (TPSA) is 105 Å². The number of nitrogens with zero attached hydrogens (tertiary/aromatic N) is 6. The molecule has 8 aromatic carbocycles. The zero-order chi connectivity index (χ0) is 39.3. The number of fused-ring (bicyclic) bond motifs is 6. The van der Waals surface area contributed by atoms with Crippen LogP contribution in [0.15, 0.2) is 170 Å². The predicted molar refractivity (Wildman–Crippen MR) is 230 cm³/mol. The van der Waals surface area contributed by atoms with E-state index in [0.29, 0.717) is 22.3 Å². The number of hydrogen-bond acceptors (Lipinski definition) is 4. The quantitative estimate of drug-likeness (QED) is 0.175. The largest absolute Gasteiger partial charge is 0.308 e. The van der Waals surface area contributed by atoms with E-state index in [1.54, 1.807) is 12.1 Å². The van der Waals surface area contributed by atoms with Crippen LogP contribution < -0.4 is 0 Å². The van der Waals surface area contributed by atoms with Gasteiger partial charge in [-0.15, -0.1) is 0 Å². The molecular weight excluding hydrogens is 709 g/mol. The van der Waals surface area contributed by atoms with E-state index in [1.807, 2.05) is 97.1 Å². The summed E-state index contributed by atoms with van der Waals surface area (Å²) in [5.74, 6) is 0. The molecule has 6 nitrogen and oxygen atoms in total. The molecule has 0 unspecified atom stereocenters. The molecule has 0 bridgehead atoms. The van der Waals surface area contributed by atoms with E-state index in [2.05, 4.69) is 94.1 Å². The van der Waals surface area contributed by atoms with Gasteiger partial charge in [0.25, 0.3) is 0 Å². The highest BCUT2D eigenvalue weighted by Crippen LogP contribution is 2.44. The fourth-order valence-corrected chi connectivity index (χ4v) is 8.39. The fraction of sp³-hybridized carbons (Fsp3) is 0. The summed E-state index contributed by atoms with van der Waals surface area (Å²) < 4.78 is 4.49. The van der Waals surface area contributed by atoms with E-state index in [4.69, 9.17) is 0 Å². The first kappa shape index (κ1) is 33.9. The highest BCUT2D eigenvalue weighted by atomic mass is 15.0. The molecule has 0 aliphatic heterocycles. The van der Waals surface area contributed by atoms with Gasteiger partial charge < -0.3 is 9.13 Å². The molecule has 10 rings (SSSR count). The molecule has 2 aromatic heterocycles. The van der Waals surface area contributed by atoms with E-state index in [0.717, 1.165) is 88.4 Å². The molecule has 0 radical (unpaired) electrons. The van der Waals surface area contributed by atoms with Crippen LogP contribution >= 0.6 is 0 Å². The fourth-order valence-electron chi connectivity index (χ4n) is 8.39. The Morgan fingerprint density at radius 1 is 0.293 bits per heavy atom. The van der Waals surface area contributed by atoms with Gasteiger partial charge in [-0.25, -0.2) is 0 Å². The Kier molecular flexibility index (Phi) is 7.92. The van der Waals surface area contributed by atoms with Crippen molar-refractivity contribution in [3.05, 3.63) is 192 Å². The van der Waals surface area contributed by atoms with Gasteiger partial charge in [0.2, 0.25) is 0 Å². The van der Waals surface area contributed by atoms with Crippen LogP contribution in [-0.2, 0) is 0 Å². The average molecular weight is 737 g/mol. The second kappa shape index (κ2) is 13.6. The van der Waals surface area contributed by atoms with Gasteiger partial charge in [0, 0.05) is 27.1 Å². The summed E-state index contributed by atoms with van der Waals surface area (Å²) in [4.78, 5) is 0. The number of benzene rings is 8. The molecule has 0 N–H and O–H groups in total. The molecule has 0 saturated heterocycles. The van der Waals surface area contributed by atoms with Gasteiger partial charge in [-0.2, -0.15) is 21.0 Å². The van der Waals surface area contributed by atoms with Crippen LogP contribution in [0.25, 0.3) is 88.4 Å². The maximum atomic E-state index is 10.8. The third-order valence-electron chi connectivity index (χ3n) is 11.0. The number of hydrogen-bond donors (Lipinski definition) is 0. The van der Waals surface area contributed by atoms with E-state index in [9.17, 15) is 21.0 Å². The average Bonchev–Trinajstić information content (AvgIpc) is 3.80. The number of nitriles is 4. The first-order valence-electron chi connectivity index (χ1n) is 18.7. The highest BCUT2D eigenvalue weighted by molar-refractivity contribution is 6.13. The Morgan fingerprint density at radius 3 is 1.17 bits per heavy atom. The molecule has 0 saturated carbocycles. The summed E-state index contributed by atoms with van der Waals surface area (Å²) in [6.07, 6.45) is 0. The van der Waals surface area contributed by atoms with Gasteiger partial charge in [-0.1, -0.05) is 97.1 Å². The van der Waals surface area contributed by atoms with Crippen molar-refractivity contribution in [2.24, 2.45) is 0 Å². The third kappa shape index (κ3) is 5.38. The molecule has 0 amide bonds. The van der Waals surface area contributed by atoms with Crippen LogP contribution in [-0.4, -0.2) is 9.13 Å². The molecule has 266 valence electrons. The zero-order valence-electron chi connectivity index (χ0n) is 30.8. The minimum absolute atomic E-state index is 0.481. The van der Waals surface area contributed by atoms with Crippen LogP contribution in [0.5, 0.6) is 0 Å². The van der Waals surface area contributed by atoms with Crippen molar-refractivity contribution in [1.82, 2.24) is 9.13 Å². The van der Waals surface area contributed by atoms with Crippen molar-refractivity contribution in [3.63, 3.8) is 0 Å². The third-order valence-corrected chi connectivity index (χ3v) is 11.0. The van der Waals surface area contributed by atoms with Gasteiger partial charge in [-0.3, -0.25) is 0 Å². The Balaban J connectivity index is 1.35. The summed E-state index contributed by atoms with van der Waals surface area (Å²) in [5, 5.41) is 44.3. The lowest BCUT2D eigenvalue weighted by molar-refractivity contribution is 1.13. The monoisotopic (exact) mass is 736 g/mol. The molecule has 0 atom stereocenters. The van der Waals surface area contributed by atoms with Crippen molar-refractivity contribution in [2.45, 2.75) is 0 Å². The number of para-hydroxylation sites is 2. The first-order valence-corrected chi connectivity index (χ1v) is 18.7. The maximum absolute atomic E-state index is 10.8. The smallest absolute Gasteiger partial charge is 0.0993 e. The van der Waals surface area contributed by atoms with Crippen LogP contribution in [0.3, 0.4) is 0 Å². The minimum Gasteiger partial charge on any atom is -0.308 e. The summed E-state index contributed by atoms with van der Waals surface area (Å²) in [6, 6.07) is 65.4. The maximum Gasteiger partial charge on any atom is 0.0993 e. The molecular formula is C52H28N6. The van der Waals surface area contributed by atoms with Crippen LogP contribution in [0.1, 0.15) is 22.3 Å². The summed E-state index contributed by atoms with van der Waals surface area (Å²) in [7, 11) is 0. The zero-order valence-corrected chi connectivity index (χ0v) is 30.8. The van der Waals surface area contributed by atoms with E-state index < -0.39 is 0 Å². The Labute approximate surface area is 333 Å². The van der Waals surface area contributed by atoms with Crippen molar-refractivity contribution >= 4 is 43.6 Å². The Hall–Kier alpha value is -8.68. The van der Waals surface area contributed by atoms with Crippen LogP contribution in [0.2, 0.25) is 0 Å². The molecule has 0 fully saturated rings. The summed E-state index contributed by atoms with van der Waals surface area (Å²) in [5.41, 5.74) is 13.2.